The second-order valence-electron chi connectivity index (χ2n) is 7.26. The van der Waals surface area contributed by atoms with Gasteiger partial charge in [0.05, 0.1) is 30.1 Å². The van der Waals surface area contributed by atoms with Gasteiger partial charge in [-0.2, -0.15) is 0 Å². The Hall–Kier alpha value is -3.30. The van der Waals surface area contributed by atoms with E-state index in [-0.39, 0.29) is 13.2 Å². The summed E-state index contributed by atoms with van der Waals surface area (Å²) in [7, 11) is 1.54. The molecule has 166 valence electrons. The van der Waals surface area contributed by atoms with E-state index in [4.69, 9.17) is 20.3 Å². The monoisotopic (exact) mass is 428 g/mol. The number of aliphatic carboxylic acids is 1. The number of nitrogens with zero attached hydrogens (tertiary/aromatic N) is 2. The smallest absolute Gasteiger partial charge is 0.338 e. The topological polar surface area (TPSA) is 117 Å². The number of piperazine rings is 1. The zero-order chi connectivity index (χ0) is 22.2. The van der Waals surface area contributed by atoms with E-state index in [9.17, 15) is 9.59 Å². The van der Waals surface area contributed by atoms with Crippen LogP contribution in [0.3, 0.4) is 0 Å². The first kappa shape index (κ1) is 22.4. The Kier molecular flexibility index (Phi) is 7.69. The number of carbonyl (C=O) groups excluding carboxylic acids is 1. The van der Waals surface area contributed by atoms with Crippen LogP contribution in [0.4, 0.5) is 22.7 Å². The molecule has 1 aliphatic heterocycles. The normalized spacial score (nSPS) is 14.3. The first-order valence-electron chi connectivity index (χ1n) is 10.1. The maximum absolute atomic E-state index is 12.0. The third kappa shape index (κ3) is 6.34. The van der Waals surface area contributed by atoms with Crippen LogP contribution in [0.1, 0.15) is 10.4 Å². The summed E-state index contributed by atoms with van der Waals surface area (Å²) in [6.45, 7) is 3.54. The van der Waals surface area contributed by atoms with Gasteiger partial charge in [-0.15, -0.1) is 0 Å². The first-order chi connectivity index (χ1) is 15.0. The Morgan fingerprint density at radius 2 is 1.87 bits per heavy atom. The average molecular weight is 428 g/mol. The molecule has 1 heterocycles. The van der Waals surface area contributed by atoms with Crippen LogP contribution in [0.25, 0.3) is 0 Å². The number of ether oxygens (including phenoxy) is 2. The fourth-order valence-corrected chi connectivity index (χ4v) is 3.40. The summed E-state index contributed by atoms with van der Waals surface area (Å²) in [6, 6.07) is 13.0. The number of nitrogens with two attached hydrogens (primary N) is 1. The minimum atomic E-state index is -0.800. The van der Waals surface area contributed by atoms with Crippen LogP contribution in [0.2, 0.25) is 0 Å². The molecule has 4 N–H and O–H groups in total. The third-order valence-electron chi connectivity index (χ3n) is 5.03. The zero-order valence-electron chi connectivity index (χ0n) is 17.5. The van der Waals surface area contributed by atoms with Crippen LogP contribution in [0, 0.1) is 0 Å². The van der Waals surface area contributed by atoms with Crippen molar-refractivity contribution in [2.24, 2.45) is 0 Å². The number of carboxylic acid groups (broad SMARTS) is 1. The summed E-state index contributed by atoms with van der Waals surface area (Å²) in [6.07, 6.45) is 0. The molecule has 0 bridgehead atoms. The third-order valence-corrected chi connectivity index (χ3v) is 5.03. The maximum atomic E-state index is 12.0. The predicted octanol–water partition coefficient (Wildman–Crippen LogP) is 2.02. The first-order valence-corrected chi connectivity index (χ1v) is 10.1. The van der Waals surface area contributed by atoms with Gasteiger partial charge < -0.3 is 30.5 Å². The van der Waals surface area contributed by atoms with Crippen molar-refractivity contribution in [1.29, 1.82) is 0 Å². The molecular weight excluding hydrogens is 400 g/mol. The van der Waals surface area contributed by atoms with Gasteiger partial charge in [0.1, 0.15) is 6.61 Å². The SMILES string of the molecule is COCCOC(=O)c1ccc(Nc2cccc(N3CCN(CC(=O)O)CC3)c2)c(N)c1. The zero-order valence-corrected chi connectivity index (χ0v) is 17.5. The molecular formula is C22H28N4O5. The number of carbonyl (C=O) groups is 2. The largest absolute Gasteiger partial charge is 0.480 e. The number of hydrogen-bond acceptors (Lipinski definition) is 8. The summed E-state index contributed by atoms with van der Waals surface area (Å²) < 4.78 is 9.98. The van der Waals surface area contributed by atoms with E-state index in [0.717, 1.165) is 24.5 Å². The number of carboxylic acids is 1. The van der Waals surface area contributed by atoms with Crippen LogP contribution in [0.15, 0.2) is 42.5 Å². The lowest BCUT2D eigenvalue weighted by molar-refractivity contribution is -0.138. The van der Waals surface area contributed by atoms with E-state index in [0.29, 0.717) is 36.6 Å². The highest BCUT2D eigenvalue weighted by atomic mass is 16.6. The summed E-state index contributed by atoms with van der Waals surface area (Å²) in [4.78, 5) is 27.1. The standard InChI is InChI=1S/C22H28N4O5/c1-30-11-12-31-22(29)16-5-6-20(19(23)13-16)24-17-3-2-4-18(14-17)26-9-7-25(8-10-26)15-21(27)28/h2-6,13-14,24H,7-12,15,23H2,1H3,(H,27,28). The van der Waals surface area contributed by atoms with Crippen molar-refractivity contribution in [3.8, 4) is 0 Å². The Morgan fingerprint density at radius 3 is 2.55 bits per heavy atom. The van der Waals surface area contributed by atoms with Crippen LogP contribution >= 0.6 is 0 Å². The summed E-state index contributed by atoms with van der Waals surface area (Å²) in [5.74, 6) is -1.24. The molecule has 0 aromatic heterocycles. The second-order valence-corrected chi connectivity index (χ2v) is 7.26. The number of benzene rings is 2. The number of hydrogen-bond donors (Lipinski definition) is 3. The van der Waals surface area contributed by atoms with Gasteiger partial charge in [-0.1, -0.05) is 6.07 Å². The van der Waals surface area contributed by atoms with Crippen molar-refractivity contribution in [3.63, 3.8) is 0 Å². The number of rotatable bonds is 9. The molecule has 0 atom stereocenters. The fraction of sp³-hybridized carbons (Fsp3) is 0.364. The molecule has 0 amide bonds. The van der Waals surface area contributed by atoms with Crippen molar-refractivity contribution in [2.45, 2.75) is 0 Å². The predicted molar refractivity (Wildman–Crippen MR) is 119 cm³/mol. The lowest BCUT2D eigenvalue weighted by atomic mass is 10.1. The average Bonchev–Trinajstić information content (AvgIpc) is 2.75. The summed E-state index contributed by atoms with van der Waals surface area (Å²) in [5.41, 5.74) is 9.57. The van der Waals surface area contributed by atoms with Gasteiger partial charge in [-0.3, -0.25) is 9.69 Å². The molecule has 1 aliphatic rings. The van der Waals surface area contributed by atoms with E-state index in [1.165, 1.54) is 0 Å². The number of methoxy groups -OCH3 is 1. The number of nitrogens with one attached hydrogen (secondary N) is 1. The Bertz CT molecular complexity index is 913. The number of esters is 1. The summed E-state index contributed by atoms with van der Waals surface area (Å²) >= 11 is 0. The van der Waals surface area contributed by atoms with Gasteiger partial charge in [0.2, 0.25) is 0 Å². The van der Waals surface area contributed by atoms with Crippen molar-refractivity contribution in [1.82, 2.24) is 4.90 Å². The van der Waals surface area contributed by atoms with Crippen molar-refractivity contribution in [3.05, 3.63) is 48.0 Å². The fourth-order valence-electron chi connectivity index (χ4n) is 3.40. The Balaban J connectivity index is 1.62. The van der Waals surface area contributed by atoms with Crippen LogP contribution in [-0.2, 0) is 14.3 Å². The minimum absolute atomic E-state index is 0.0740. The highest BCUT2D eigenvalue weighted by Gasteiger charge is 2.19. The van der Waals surface area contributed by atoms with E-state index in [1.54, 1.807) is 25.3 Å². The van der Waals surface area contributed by atoms with Crippen molar-refractivity contribution in [2.75, 3.05) is 69.0 Å². The molecule has 9 nitrogen and oxygen atoms in total. The lowest BCUT2D eigenvalue weighted by Gasteiger charge is -2.35. The molecule has 1 fully saturated rings. The highest BCUT2D eigenvalue weighted by Crippen LogP contribution is 2.27. The molecule has 0 spiro atoms. The molecule has 1 saturated heterocycles. The Morgan fingerprint density at radius 1 is 1.10 bits per heavy atom. The molecule has 0 unspecified atom stereocenters. The van der Waals surface area contributed by atoms with Crippen LogP contribution in [-0.4, -0.2) is 75.0 Å². The van der Waals surface area contributed by atoms with E-state index < -0.39 is 11.9 Å². The van der Waals surface area contributed by atoms with Crippen LogP contribution in [0.5, 0.6) is 0 Å². The van der Waals surface area contributed by atoms with Gasteiger partial charge >= 0.3 is 11.9 Å². The van der Waals surface area contributed by atoms with Gasteiger partial charge in [0, 0.05) is 44.7 Å². The van der Waals surface area contributed by atoms with Gasteiger partial charge in [0.15, 0.2) is 0 Å². The number of anilines is 4. The van der Waals surface area contributed by atoms with E-state index >= 15 is 0 Å². The maximum Gasteiger partial charge on any atom is 0.338 e. The molecule has 2 aromatic carbocycles. The minimum Gasteiger partial charge on any atom is -0.480 e. The van der Waals surface area contributed by atoms with Crippen molar-refractivity contribution < 1.29 is 24.2 Å². The lowest BCUT2D eigenvalue weighted by Crippen LogP contribution is -2.47. The van der Waals surface area contributed by atoms with Crippen LogP contribution < -0.4 is 16.0 Å². The molecule has 31 heavy (non-hydrogen) atoms. The van der Waals surface area contributed by atoms with Crippen molar-refractivity contribution >= 4 is 34.7 Å². The summed E-state index contributed by atoms with van der Waals surface area (Å²) in [5, 5.41) is 12.2. The molecule has 0 aliphatic carbocycles. The molecule has 0 saturated carbocycles. The molecule has 3 rings (SSSR count). The molecule has 9 heteroatoms. The quantitative estimate of drug-likeness (QED) is 0.313. The second kappa shape index (κ2) is 10.6. The molecule has 0 radical (unpaired) electrons. The van der Waals surface area contributed by atoms with Gasteiger partial charge in [-0.25, -0.2) is 4.79 Å². The van der Waals surface area contributed by atoms with Gasteiger partial charge in [0.25, 0.3) is 0 Å². The van der Waals surface area contributed by atoms with Gasteiger partial charge in [-0.05, 0) is 36.4 Å². The number of nitrogen functional groups attached to an aromatic ring is 1. The van der Waals surface area contributed by atoms with E-state index in [1.807, 2.05) is 29.2 Å². The Labute approximate surface area is 181 Å². The molecule has 2 aromatic rings. The van der Waals surface area contributed by atoms with E-state index in [2.05, 4.69) is 10.2 Å². The highest BCUT2D eigenvalue weighted by molar-refractivity contribution is 5.92.